The van der Waals surface area contributed by atoms with Gasteiger partial charge < -0.3 is 5.73 Å². The van der Waals surface area contributed by atoms with Gasteiger partial charge in [-0.1, -0.05) is 27.7 Å². The molecular weight excluding hydrogens is 326 g/mol. The summed E-state index contributed by atoms with van der Waals surface area (Å²) < 4.78 is 2.80. The van der Waals surface area contributed by atoms with Crippen molar-refractivity contribution >= 4 is 44.2 Å². The Kier molecular flexibility index (Phi) is 3.42. The molecule has 19 heavy (non-hydrogen) atoms. The molecule has 0 radical (unpaired) electrons. The summed E-state index contributed by atoms with van der Waals surface area (Å²) in [5.41, 5.74) is 7.31. The van der Waals surface area contributed by atoms with Crippen molar-refractivity contribution in [3.63, 3.8) is 0 Å². The number of fused-ring (bicyclic) bond motifs is 3. The van der Waals surface area contributed by atoms with Gasteiger partial charge in [0.2, 0.25) is 0 Å². The molecule has 0 unspecified atom stereocenters. The number of aromatic nitrogens is 4. The van der Waals surface area contributed by atoms with Crippen LogP contribution in [0.3, 0.4) is 0 Å². The van der Waals surface area contributed by atoms with Gasteiger partial charge in [-0.15, -0.1) is 5.10 Å². The summed E-state index contributed by atoms with van der Waals surface area (Å²) in [5.74, 6) is 1.55. The minimum atomic E-state index is 0.611. The molecule has 0 bridgehead atoms. The van der Waals surface area contributed by atoms with E-state index in [1.807, 2.05) is 25.1 Å². The van der Waals surface area contributed by atoms with E-state index in [0.29, 0.717) is 6.54 Å². The zero-order valence-corrected chi connectivity index (χ0v) is 12.7. The molecule has 0 aliphatic heterocycles. The maximum Gasteiger partial charge on any atom is 0.191 e. The van der Waals surface area contributed by atoms with Crippen molar-refractivity contribution in [1.29, 1.82) is 0 Å². The lowest BCUT2D eigenvalue weighted by Crippen LogP contribution is -2.04. The van der Waals surface area contributed by atoms with E-state index in [4.69, 9.17) is 5.73 Å². The van der Waals surface area contributed by atoms with Crippen molar-refractivity contribution in [1.82, 2.24) is 19.6 Å². The number of hydrogen-bond acceptors (Lipinski definition) is 5. The van der Waals surface area contributed by atoms with Gasteiger partial charge in [-0.25, -0.2) is 9.97 Å². The van der Waals surface area contributed by atoms with Crippen LogP contribution in [0, 0.1) is 6.92 Å². The average Bonchev–Trinajstić information content (AvgIpc) is 2.78. The number of aryl methyl sites for hydroxylation is 1. The lowest BCUT2D eigenvalue weighted by molar-refractivity contribution is 0.796. The van der Waals surface area contributed by atoms with Crippen LogP contribution in [0.1, 0.15) is 5.82 Å². The molecule has 0 saturated heterocycles. The van der Waals surface area contributed by atoms with Gasteiger partial charge in [0, 0.05) is 22.2 Å². The minimum absolute atomic E-state index is 0.611. The highest BCUT2D eigenvalue weighted by Gasteiger charge is 2.12. The van der Waals surface area contributed by atoms with Gasteiger partial charge in [0.1, 0.15) is 5.82 Å². The molecule has 3 rings (SSSR count). The Morgan fingerprint density at radius 3 is 3.00 bits per heavy atom. The van der Waals surface area contributed by atoms with Crippen molar-refractivity contribution < 1.29 is 0 Å². The van der Waals surface area contributed by atoms with Gasteiger partial charge in [-0.2, -0.15) is 4.52 Å². The molecule has 2 aromatic heterocycles. The third-order valence-electron chi connectivity index (χ3n) is 2.66. The fraction of sp³-hybridized carbons (Fsp3) is 0.250. The van der Waals surface area contributed by atoms with Gasteiger partial charge in [-0.3, -0.25) is 0 Å². The molecule has 0 spiro atoms. The molecule has 0 atom stereocenters. The van der Waals surface area contributed by atoms with Gasteiger partial charge in [0.15, 0.2) is 10.8 Å². The van der Waals surface area contributed by atoms with E-state index in [2.05, 4.69) is 31.0 Å². The SMILES string of the molecule is Cc1nc2c3cc(Br)ccc3nc(SCCN)n2n1. The first kappa shape index (κ1) is 12.8. The fourth-order valence-electron chi connectivity index (χ4n) is 1.90. The minimum Gasteiger partial charge on any atom is -0.330 e. The van der Waals surface area contributed by atoms with Crippen LogP contribution in [0.4, 0.5) is 0 Å². The van der Waals surface area contributed by atoms with Crippen molar-refractivity contribution in [2.75, 3.05) is 12.3 Å². The summed E-state index contributed by atoms with van der Waals surface area (Å²) in [6, 6.07) is 5.98. The summed E-state index contributed by atoms with van der Waals surface area (Å²) >= 11 is 5.07. The van der Waals surface area contributed by atoms with Crippen LogP contribution in [0.5, 0.6) is 0 Å². The topological polar surface area (TPSA) is 69.1 Å². The van der Waals surface area contributed by atoms with E-state index in [1.54, 1.807) is 16.3 Å². The zero-order valence-electron chi connectivity index (χ0n) is 10.3. The van der Waals surface area contributed by atoms with Crippen molar-refractivity contribution in [3.8, 4) is 0 Å². The number of hydrogen-bond donors (Lipinski definition) is 1. The van der Waals surface area contributed by atoms with E-state index in [9.17, 15) is 0 Å². The second-order valence-corrected chi connectivity index (χ2v) is 6.07. The third-order valence-corrected chi connectivity index (χ3v) is 4.11. The number of halogens is 1. The maximum atomic E-state index is 5.56. The van der Waals surface area contributed by atoms with E-state index in [0.717, 1.165) is 37.8 Å². The monoisotopic (exact) mass is 337 g/mol. The Morgan fingerprint density at radius 1 is 1.37 bits per heavy atom. The van der Waals surface area contributed by atoms with Crippen molar-refractivity contribution in [2.24, 2.45) is 5.73 Å². The highest BCUT2D eigenvalue weighted by molar-refractivity contribution is 9.10. The molecule has 1 aromatic carbocycles. The number of thioether (sulfide) groups is 1. The summed E-state index contributed by atoms with van der Waals surface area (Å²) in [6.07, 6.45) is 0. The Morgan fingerprint density at radius 2 is 2.21 bits per heavy atom. The van der Waals surface area contributed by atoms with Crippen LogP contribution in [-0.4, -0.2) is 31.9 Å². The first-order valence-electron chi connectivity index (χ1n) is 5.84. The summed E-state index contributed by atoms with van der Waals surface area (Å²) in [5, 5.41) is 6.23. The fourth-order valence-corrected chi connectivity index (χ4v) is 2.98. The maximum absolute atomic E-state index is 5.56. The number of nitrogens with zero attached hydrogens (tertiary/aromatic N) is 4. The van der Waals surface area contributed by atoms with E-state index < -0.39 is 0 Å². The van der Waals surface area contributed by atoms with Crippen LogP contribution in [-0.2, 0) is 0 Å². The standard InChI is InChI=1S/C12H12BrN5S/c1-7-15-11-9-6-8(13)2-3-10(9)16-12(18(11)17-7)19-5-4-14/h2-3,6H,4-5,14H2,1H3. The molecule has 7 heteroatoms. The van der Waals surface area contributed by atoms with Gasteiger partial charge in [0.05, 0.1) is 5.52 Å². The second-order valence-electron chi connectivity index (χ2n) is 4.09. The quantitative estimate of drug-likeness (QED) is 0.587. The van der Waals surface area contributed by atoms with Gasteiger partial charge in [0.25, 0.3) is 0 Å². The highest BCUT2D eigenvalue weighted by Crippen LogP contribution is 2.26. The largest absolute Gasteiger partial charge is 0.330 e. The summed E-state index contributed by atoms with van der Waals surface area (Å²) in [4.78, 5) is 9.14. The Labute approximate surface area is 122 Å². The van der Waals surface area contributed by atoms with E-state index in [1.165, 1.54) is 0 Å². The molecule has 5 nitrogen and oxygen atoms in total. The molecule has 2 N–H and O–H groups in total. The molecule has 0 amide bonds. The highest BCUT2D eigenvalue weighted by atomic mass is 79.9. The zero-order chi connectivity index (χ0) is 13.4. The molecule has 0 saturated carbocycles. The van der Waals surface area contributed by atoms with Crippen LogP contribution in [0.2, 0.25) is 0 Å². The molecule has 0 fully saturated rings. The molecule has 98 valence electrons. The lowest BCUT2D eigenvalue weighted by Gasteiger charge is -2.05. The normalized spacial score (nSPS) is 11.5. The van der Waals surface area contributed by atoms with Crippen LogP contribution in [0.25, 0.3) is 16.6 Å². The number of benzene rings is 1. The average molecular weight is 338 g/mol. The molecule has 2 heterocycles. The van der Waals surface area contributed by atoms with E-state index in [-0.39, 0.29) is 0 Å². The summed E-state index contributed by atoms with van der Waals surface area (Å²) in [7, 11) is 0. The predicted octanol–water partition coefficient (Wildman–Crippen LogP) is 2.40. The Bertz CT molecular complexity index is 755. The van der Waals surface area contributed by atoms with Crippen LogP contribution < -0.4 is 5.73 Å². The van der Waals surface area contributed by atoms with Gasteiger partial charge >= 0.3 is 0 Å². The summed E-state index contributed by atoms with van der Waals surface area (Å²) in [6.45, 7) is 2.49. The second kappa shape index (κ2) is 5.07. The van der Waals surface area contributed by atoms with Crippen molar-refractivity contribution in [3.05, 3.63) is 28.5 Å². The molecule has 3 aromatic rings. The first-order valence-corrected chi connectivity index (χ1v) is 7.62. The lowest BCUT2D eigenvalue weighted by atomic mass is 10.2. The van der Waals surface area contributed by atoms with Gasteiger partial charge in [-0.05, 0) is 25.1 Å². The predicted molar refractivity (Wildman–Crippen MR) is 80.5 cm³/mol. The third kappa shape index (κ3) is 2.33. The first-order chi connectivity index (χ1) is 9.19. The van der Waals surface area contributed by atoms with E-state index >= 15 is 0 Å². The molecular formula is C12H12BrN5S. The van der Waals surface area contributed by atoms with Crippen molar-refractivity contribution in [2.45, 2.75) is 12.1 Å². The Balaban J connectivity index is 2.32. The number of nitrogens with two attached hydrogens (primary N) is 1. The van der Waals surface area contributed by atoms with Crippen LogP contribution >= 0.6 is 27.7 Å². The number of rotatable bonds is 3. The van der Waals surface area contributed by atoms with Crippen LogP contribution in [0.15, 0.2) is 27.8 Å². The molecule has 0 aliphatic carbocycles. The molecule has 0 aliphatic rings. The smallest absolute Gasteiger partial charge is 0.191 e. The Hall–Kier alpha value is -1.18.